The van der Waals surface area contributed by atoms with Crippen molar-refractivity contribution < 1.29 is 18.7 Å². The molecule has 3 rings (SSSR count). The molecule has 1 aromatic heterocycles. The molecule has 1 heterocycles. The zero-order valence-electron chi connectivity index (χ0n) is 16.4. The van der Waals surface area contributed by atoms with E-state index in [1.54, 1.807) is 13.0 Å². The van der Waals surface area contributed by atoms with Crippen LogP contribution in [0.15, 0.2) is 36.4 Å². The minimum absolute atomic E-state index is 0.359. The second-order valence-electron chi connectivity index (χ2n) is 6.98. The predicted octanol–water partition coefficient (Wildman–Crippen LogP) is 4.19. The fraction of sp³-hybridized carbons (Fsp3) is 0.364. The van der Waals surface area contributed by atoms with Crippen LogP contribution in [0.25, 0.3) is 6.08 Å². The monoisotopic (exact) mass is 384 g/mol. The van der Waals surface area contributed by atoms with Gasteiger partial charge in [0.2, 0.25) is 0 Å². The van der Waals surface area contributed by atoms with Crippen molar-refractivity contribution in [1.29, 1.82) is 0 Å². The molecule has 0 bridgehead atoms. The Morgan fingerprint density at radius 2 is 1.93 bits per heavy atom. The third-order valence-corrected chi connectivity index (χ3v) is 4.93. The molecule has 0 spiro atoms. The number of rotatable bonds is 7. The average Bonchev–Trinajstić information content (AvgIpc) is 3.46. The number of hydrogen-bond acceptors (Lipinski definition) is 3. The van der Waals surface area contributed by atoms with Gasteiger partial charge in [-0.1, -0.05) is 0 Å². The molecule has 5 nitrogen and oxygen atoms in total. The van der Waals surface area contributed by atoms with Crippen LogP contribution in [0.3, 0.4) is 0 Å². The van der Waals surface area contributed by atoms with Crippen LogP contribution in [0.2, 0.25) is 0 Å². The highest BCUT2D eigenvalue weighted by molar-refractivity contribution is 5.96. The van der Waals surface area contributed by atoms with E-state index in [1.807, 2.05) is 6.92 Å². The molecule has 0 N–H and O–H groups in total. The highest BCUT2D eigenvalue weighted by atomic mass is 19.1. The van der Waals surface area contributed by atoms with Crippen molar-refractivity contribution in [3.05, 3.63) is 59.2 Å². The highest BCUT2D eigenvalue weighted by Crippen LogP contribution is 2.38. The van der Waals surface area contributed by atoms with E-state index in [4.69, 9.17) is 4.74 Å². The summed E-state index contributed by atoms with van der Waals surface area (Å²) in [6, 6.07) is 8.26. The number of aromatic nitrogens is 1. The number of aryl methyl sites for hydroxylation is 1. The molecule has 28 heavy (non-hydrogen) atoms. The Labute approximate surface area is 164 Å². The zero-order chi connectivity index (χ0) is 20.3. The van der Waals surface area contributed by atoms with E-state index in [0.29, 0.717) is 18.3 Å². The maximum Gasteiger partial charge on any atom is 0.331 e. The van der Waals surface area contributed by atoms with Crippen LogP contribution < -0.4 is 4.90 Å². The molecule has 1 fully saturated rings. The van der Waals surface area contributed by atoms with Crippen molar-refractivity contribution in [1.82, 2.24) is 4.57 Å². The molecule has 0 saturated heterocycles. The summed E-state index contributed by atoms with van der Waals surface area (Å²) in [5.41, 5.74) is 3.86. The van der Waals surface area contributed by atoms with Crippen molar-refractivity contribution in [3.63, 3.8) is 0 Å². The van der Waals surface area contributed by atoms with Gasteiger partial charge in [-0.3, -0.25) is 4.79 Å². The number of likely N-dealkylation sites (N-methyl/N-ethyl adjacent to an activating group) is 1. The van der Waals surface area contributed by atoms with E-state index in [2.05, 4.69) is 17.6 Å². The Balaban J connectivity index is 1.57. The number of carbonyl (C=O) groups is 2. The van der Waals surface area contributed by atoms with Gasteiger partial charge in [-0.25, -0.2) is 9.18 Å². The van der Waals surface area contributed by atoms with Gasteiger partial charge < -0.3 is 14.2 Å². The summed E-state index contributed by atoms with van der Waals surface area (Å²) >= 11 is 0. The number of carbonyl (C=O) groups excluding carboxylic acids is 2. The van der Waals surface area contributed by atoms with Gasteiger partial charge in [0.25, 0.3) is 5.91 Å². The molecule has 1 aliphatic rings. The quantitative estimate of drug-likeness (QED) is 0.531. The van der Waals surface area contributed by atoms with E-state index < -0.39 is 5.97 Å². The number of nitrogens with zero attached hydrogens (tertiary/aromatic N) is 2. The normalized spacial score (nSPS) is 13.7. The first kappa shape index (κ1) is 19.9. The number of amides is 1. The lowest BCUT2D eigenvalue weighted by Crippen LogP contribution is -2.34. The Bertz CT molecular complexity index is 895. The summed E-state index contributed by atoms with van der Waals surface area (Å²) in [6.07, 6.45) is 5.48. The van der Waals surface area contributed by atoms with Crippen molar-refractivity contribution in [2.75, 3.05) is 18.1 Å². The lowest BCUT2D eigenvalue weighted by Gasteiger charge is -2.20. The third-order valence-electron chi connectivity index (χ3n) is 4.93. The van der Waals surface area contributed by atoms with Gasteiger partial charge in [-0.05, 0) is 75.6 Å². The average molecular weight is 384 g/mol. The molecule has 1 aliphatic carbocycles. The Morgan fingerprint density at radius 3 is 2.54 bits per heavy atom. The summed E-state index contributed by atoms with van der Waals surface area (Å²) in [5, 5.41) is 0. The zero-order valence-corrected chi connectivity index (χ0v) is 16.4. The lowest BCUT2D eigenvalue weighted by molar-refractivity contribution is -0.142. The van der Waals surface area contributed by atoms with Crippen LogP contribution in [0.4, 0.5) is 10.1 Å². The fourth-order valence-corrected chi connectivity index (χ4v) is 3.41. The van der Waals surface area contributed by atoms with Crippen LogP contribution in [-0.4, -0.2) is 29.6 Å². The van der Waals surface area contributed by atoms with Crippen LogP contribution in [0.1, 0.15) is 42.8 Å². The van der Waals surface area contributed by atoms with Gasteiger partial charge in [0.1, 0.15) is 5.82 Å². The minimum atomic E-state index is -0.570. The summed E-state index contributed by atoms with van der Waals surface area (Å²) in [4.78, 5) is 25.8. The Hall–Kier alpha value is -2.89. The smallest absolute Gasteiger partial charge is 0.331 e. The number of anilines is 1. The molecule has 0 radical (unpaired) electrons. The van der Waals surface area contributed by atoms with Gasteiger partial charge in [-0.2, -0.15) is 0 Å². The number of esters is 1. The topological polar surface area (TPSA) is 51.5 Å². The van der Waals surface area contributed by atoms with Crippen LogP contribution in [0.5, 0.6) is 0 Å². The van der Waals surface area contributed by atoms with Crippen molar-refractivity contribution in [3.8, 4) is 0 Å². The standard InChI is InChI=1S/C22H25FN2O3/c1-4-24(19-8-6-18(23)7-9-19)21(26)14-28-22(27)12-5-17-13-15(2)25(16(17)3)20-10-11-20/h5-9,12-13,20H,4,10-11,14H2,1-3H3/b12-5+. The molecular weight excluding hydrogens is 359 g/mol. The molecule has 6 heteroatoms. The molecule has 1 saturated carbocycles. The SMILES string of the molecule is CCN(C(=O)COC(=O)/C=C/c1cc(C)n(C2CC2)c1C)c1ccc(F)cc1. The van der Waals surface area contributed by atoms with Gasteiger partial charge in [0, 0.05) is 35.7 Å². The van der Waals surface area contributed by atoms with Gasteiger partial charge >= 0.3 is 5.97 Å². The fourth-order valence-electron chi connectivity index (χ4n) is 3.41. The summed E-state index contributed by atoms with van der Waals surface area (Å²) in [6.45, 7) is 5.94. The minimum Gasteiger partial charge on any atom is -0.452 e. The van der Waals surface area contributed by atoms with Crippen LogP contribution >= 0.6 is 0 Å². The van der Waals surface area contributed by atoms with Crippen molar-refractivity contribution >= 4 is 23.6 Å². The molecule has 1 aromatic carbocycles. The van der Waals surface area contributed by atoms with Crippen molar-refractivity contribution in [2.45, 2.75) is 39.7 Å². The summed E-state index contributed by atoms with van der Waals surface area (Å²) in [7, 11) is 0. The summed E-state index contributed by atoms with van der Waals surface area (Å²) < 4.78 is 20.4. The van der Waals surface area contributed by atoms with Gasteiger partial charge in [-0.15, -0.1) is 0 Å². The number of ether oxygens (including phenoxy) is 1. The first-order valence-electron chi connectivity index (χ1n) is 9.50. The molecule has 0 unspecified atom stereocenters. The van der Waals surface area contributed by atoms with E-state index in [9.17, 15) is 14.0 Å². The van der Waals surface area contributed by atoms with E-state index in [1.165, 1.54) is 53.8 Å². The van der Waals surface area contributed by atoms with E-state index >= 15 is 0 Å². The molecule has 1 amide bonds. The number of benzene rings is 1. The molecular formula is C22H25FN2O3. The maximum atomic E-state index is 13.1. The maximum absolute atomic E-state index is 13.1. The first-order chi connectivity index (χ1) is 13.4. The highest BCUT2D eigenvalue weighted by Gasteiger charge is 2.26. The van der Waals surface area contributed by atoms with Gasteiger partial charge in [0.05, 0.1) is 0 Å². The second-order valence-corrected chi connectivity index (χ2v) is 6.98. The third kappa shape index (κ3) is 4.50. The lowest BCUT2D eigenvalue weighted by atomic mass is 10.2. The molecule has 0 atom stereocenters. The first-order valence-corrected chi connectivity index (χ1v) is 9.50. The van der Waals surface area contributed by atoms with E-state index in [0.717, 1.165) is 11.3 Å². The Morgan fingerprint density at radius 1 is 1.25 bits per heavy atom. The van der Waals surface area contributed by atoms with Crippen molar-refractivity contribution in [2.24, 2.45) is 0 Å². The Kier molecular flexibility index (Phi) is 5.97. The second kappa shape index (κ2) is 8.42. The molecule has 148 valence electrons. The van der Waals surface area contributed by atoms with Crippen LogP contribution in [-0.2, 0) is 14.3 Å². The molecule has 0 aliphatic heterocycles. The van der Waals surface area contributed by atoms with Gasteiger partial charge in [0.15, 0.2) is 6.61 Å². The van der Waals surface area contributed by atoms with E-state index in [-0.39, 0.29) is 18.3 Å². The largest absolute Gasteiger partial charge is 0.452 e. The summed E-state index contributed by atoms with van der Waals surface area (Å²) in [5.74, 6) is -1.30. The predicted molar refractivity (Wildman–Crippen MR) is 107 cm³/mol. The number of halogens is 1. The molecule has 2 aromatic rings. The van der Waals surface area contributed by atoms with Crippen LogP contribution in [0, 0.1) is 19.7 Å². The number of hydrogen-bond donors (Lipinski definition) is 0.